The number of benzene rings is 3. The fraction of sp³-hybridized carbons (Fsp3) is 0.417. The van der Waals surface area contributed by atoms with Crippen LogP contribution in [0.1, 0.15) is 73.2 Å². The van der Waals surface area contributed by atoms with Gasteiger partial charge >= 0.3 is 6.09 Å². The third kappa shape index (κ3) is 8.77. The summed E-state index contributed by atoms with van der Waals surface area (Å²) in [6.45, 7) is 7.28. The Bertz CT molecular complexity index is 1300. The predicted octanol–water partition coefficient (Wildman–Crippen LogP) is 7.07. The Kier molecular flexibility index (Phi) is 11.4. The molecular weight excluding hydrogens is 540 g/mol. The van der Waals surface area contributed by atoms with Gasteiger partial charge in [0.2, 0.25) is 0 Å². The zero-order valence-electron chi connectivity index (χ0n) is 25.0. The van der Waals surface area contributed by atoms with Crippen LogP contribution in [-0.2, 0) is 27.4 Å². The first-order chi connectivity index (χ1) is 21.1. The molecule has 0 bridgehead atoms. The Morgan fingerprint density at radius 2 is 1.63 bits per heavy atom. The van der Waals surface area contributed by atoms with E-state index in [1.807, 2.05) is 30.3 Å². The van der Waals surface area contributed by atoms with Gasteiger partial charge in [0.15, 0.2) is 6.29 Å². The van der Waals surface area contributed by atoms with Crippen LogP contribution in [0.5, 0.6) is 0 Å². The molecule has 228 valence electrons. The second-order valence-electron chi connectivity index (χ2n) is 11.4. The van der Waals surface area contributed by atoms with Crippen molar-refractivity contribution in [1.29, 1.82) is 0 Å². The summed E-state index contributed by atoms with van der Waals surface area (Å²) in [6.07, 6.45) is 7.77. The third-order valence-corrected chi connectivity index (χ3v) is 8.29. The van der Waals surface area contributed by atoms with Gasteiger partial charge in [-0.3, -0.25) is 0 Å². The summed E-state index contributed by atoms with van der Waals surface area (Å²) >= 11 is 0. The second kappa shape index (κ2) is 15.8. The lowest BCUT2D eigenvalue weighted by atomic mass is 9.97. The fourth-order valence-corrected chi connectivity index (χ4v) is 5.95. The number of nitrogens with zero attached hydrogens (tertiary/aromatic N) is 1. The summed E-state index contributed by atoms with van der Waals surface area (Å²) in [5, 5.41) is 12.3. The molecule has 0 saturated carbocycles. The molecule has 2 saturated heterocycles. The highest BCUT2D eigenvalue weighted by molar-refractivity contribution is 5.70. The lowest BCUT2D eigenvalue weighted by Crippen LogP contribution is -2.40. The summed E-state index contributed by atoms with van der Waals surface area (Å²) in [5.74, 6) is 0. The molecule has 1 amide bonds. The number of amides is 1. The Labute approximate surface area is 255 Å². The SMILES string of the molecule is C=CCOC(=O)NCc1ccccc1-c1ccc(C2OC(CN3CCCCCCC3)CC(c3ccc(CO)cc3)O2)cc1. The van der Waals surface area contributed by atoms with E-state index in [1.54, 1.807) is 6.08 Å². The number of aliphatic hydroxyl groups is 1. The Balaban J connectivity index is 1.32. The van der Waals surface area contributed by atoms with Gasteiger partial charge in [0.05, 0.1) is 18.8 Å². The van der Waals surface area contributed by atoms with Gasteiger partial charge in [0.1, 0.15) is 6.61 Å². The monoisotopic (exact) mass is 584 g/mol. The predicted molar refractivity (Wildman–Crippen MR) is 168 cm³/mol. The van der Waals surface area contributed by atoms with Crippen LogP contribution >= 0.6 is 0 Å². The summed E-state index contributed by atoms with van der Waals surface area (Å²) in [6, 6.07) is 24.4. The molecule has 3 unspecified atom stereocenters. The van der Waals surface area contributed by atoms with Crippen LogP contribution in [0.2, 0.25) is 0 Å². The van der Waals surface area contributed by atoms with Gasteiger partial charge in [0, 0.05) is 25.1 Å². The van der Waals surface area contributed by atoms with Gasteiger partial charge in [0.25, 0.3) is 0 Å². The van der Waals surface area contributed by atoms with E-state index in [1.165, 1.54) is 32.1 Å². The first-order valence-electron chi connectivity index (χ1n) is 15.6. The third-order valence-electron chi connectivity index (χ3n) is 8.29. The van der Waals surface area contributed by atoms with E-state index >= 15 is 0 Å². The van der Waals surface area contributed by atoms with E-state index in [2.05, 4.69) is 59.3 Å². The van der Waals surface area contributed by atoms with Crippen molar-refractivity contribution in [3.63, 3.8) is 0 Å². The maximum atomic E-state index is 12.0. The molecular formula is C36H44N2O5. The molecule has 3 aromatic rings. The van der Waals surface area contributed by atoms with Crippen LogP contribution in [0.25, 0.3) is 11.1 Å². The number of alkyl carbamates (subject to hydrolysis) is 1. The Hall–Kier alpha value is -3.49. The zero-order chi connectivity index (χ0) is 29.9. The number of carbonyl (C=O) groups excluding carboxylic acids is 1. The topological polar surface area (TPSA) is 80.3 Å². The number of nitrogens with one attached hydrogen (secondary N) is 1. The fourth-order valence-electron chi connectivity index (χ4n) is 5.95. The summed E-state index contributed by atoms with van der Waals surface area (Å²) in [5.41, 5.74) is 6.06. The minimum Gasteiger partial charge on any atom is -0.445 e. The van der Waals surface area contributed by atoms with Crippen molar-refractivity contribution in [1.82, 2.24) is 10.2 Å². The van der Waals surface area contributed by atoms with Gasteiger partial charge in [-0.1, -0.05) is 105 Å². The highest BCUT2D eigenvalue weighted by atomic mass is 16.7. The molecule has 5 rings (SSSR count). The molecule has 2 aliphatic heterocycles. The lowest BCUT2D eigenvalue weighted by Gasteiger charge is -2.39. The molecule has 43 heavy (non-hydrogen) atoms. The highest BCUT2D eigenvalue weighted by Gasteiger charge is 2.33. The molecule has 2 N–H and O–H groups in total. The first-order valence-corrected chi connectivity index (χ1v) is 15.6. The molecule has 0 radical (unpaired) electrons. The van der Waals surface area contributed by atoms with Gasteiger partial charge in [-0.15, -0.1) is 0 Å². The van der Waals surface area contributed by atoms with E-state index in [4.69, 9.17) is 14.2 Å². The maximum absolute atomic E-state index is 12.0. The van der Waals surface area contributed by atoms with Gasteiger partial charge in [-0.2, -0.15) is 0 Å². The molecule has 2 heterocycles. The standard InChI is InChI=1S/C36H44N2O5/c1-2-22-41-36(40)37-24-31-10-6-7-11-33(31)28-16-18-30(19-17-28)35-42-32(25-38-20-8-4-3-5-9-21-38)23-34(43-35)29-14-12-27(26-39)13-15-29/h2,6-7,10-19,32,34-35,39H,1,3-5,8-9,20-26H2,(H,37,40). The first kappa shape index (κ1) is 31.0. The molecule has 2 fully saturated rings. The maximum Gasteiger partial charge on any atom is 0.407 e. The van der Waals surface area contributed by atoms with Crippen LogP contribution < -0.4 is 5.32 Å². The summed E-state index contributed by atoms with van der Waals surface area (Å²) in [7, 11) is 0. The lowest BCUT2D eigenvalue weighted by molar-refractivity contribution is -0.253. The van der Waals surface area contributed by atoms with E-state index in [-0.39, 0.29) is 25.4 Å². The number of aliphatic hydroxyl groups excluding tert-OH is 1. The Morgan fingerprint density at radius 3 is 2.35 bits per heavy atom. The molecule has 0 aliphatic carbocycles. The van der Waals surface area contributed by atoms with Gasteiger partial charge < -0.3 is 29.5 Å². The number of hydrogen-bond acceptors (Lipinski definition) is 6. The molecule has 3 aromatic carbocycles. The number of carbonyl (C=O) groups is 1. The van der Waals surface area contributed by atoms with Crippen molar-refractivity contribution < 1.29 is 24.1 Å². The van der Waals surface area contributed by atoms with Gasteiger partial charge in [-0.05, 0) is 53.7 Å². The van der Waals surface area contributed by atoms with E-state index in [0.717, 1.165) is 59.4 Å². The van der Waals surface area contributed by atoms with Crippen molar-refractivity contribution in [3.8, 4) is 11.1 Å². The average Bonchev–Trinajstić information content (AvgIpc) is 3.04. The average molecular weight is 585 g/mol. The van der Waals surface area contributed by atoms with E-state index in [9.17, 15) is 9.90 Å². The van der Waals surface area contributed by atoms with Crippen molar-refractivity contribution in [2.24, 2.45) is 0 Å². The number of likely N-dealkylation sites (tertiary alicyclic amines) is 1. The van der Waals surface area contributed by atoms with Crippen LogP contribution in [0.15, 0.2) is 85.5 Å². The van der Waals surface area contributed by atoms with Gasteiger partial charge in [-0.25, -0.2) is 4.79 Å². The smallest absolute Gasteiger partial charge is 0.407 e. The minimum atomic E-state index is -0.485. The largest absolute Gasteiger partial charge is 0.445 e. The van der Waals surface area contributed by atoms with Crippen LogP contribution in [-0.4, -0.2) is 48.4 Å². The summed E-state index contributed by atoms with van der Waals surface area (Å²) in [4.78, 5) is 14.5. The highest BCUT2D eigenvalue weighted by Crippen LogP contribution is 2.39. The van der Waals surface area contributed by atoms with Crippen molar-refractivity contribution >= 4 is 6.09 Å². The van der Waals surface area contributed by atoms with Crippen LogP contribution in [0.4, 0.5) is 4.79 Å². The Morgan fingerprint density at radius 1 is 0.930 bits per heavy atom. The minimum absolute atomic E-state index is 0.0278. The molecule has 0 spiro atoms. The van der Waals surface area contributed by atoms with Crippen molar-refractivity contribution in [3.05, 3.63) is 108 Å². The molecule has 7 heteroatoms. The zero-order valence-corrected chi connectivity index (χ0v) is 25.0. The number of hydrogen-bond donors (Lipinski definition) is 2. The number of ether oxygens (including phenoxy) is 3. The normalized spacial score (nSPS) is 21.4. The molecule has 2 aliphatic rings. The van der Waals surface area contributed by atoms with Crippen molar-refractivity contribution in [2.45, 2.75) is 70.2 Å². The van der Waals surface area contributed by atoms with Crippen LogP contribution in [0, 0.1) is 0 Å². The molecule has 7 nitrogen and oxygen atoms in total. The summed E-state index contributed by atoms with van der Waals surface area (Å²) < 4.78 is 18.3. The van der Waals surface area contributed by atoms with Crippen LogP contribution in [0.3, 0.4) is 0 Å². The molecule has 3 atom stereocenters. The van der Waals surface area contributed by atoms with E-state index in [0.29, 0.717) is 6.54 Å². The van der Waals surface area contributed by atoms with E-state index < -0.39 is 12.4 Å². The quantitative estimate of drug-likeness (QED) is 0.248. The number of rotatable bonds is 10. The second-order valence-corrected chi connectivity index (χ2v) is 11.4. The van der Waals surface area contributed by atoms with Crippen molar-refractivity contribution in [2.75, 3.05) is 26.2 Å². The molecule has 0 aromatic heterocycles.